The molecule has 4 amide bonds. The van der Waals surface area contributed by atoms with Gasteiger partial charge in [0.05, 0.1) is 19.2 Å². The third-order valence-corrected chi connectivity index (χ3v) is 6.11. The molecule has 1 aromatic carbocycles. The topological polar surface area (TPSA) is 85.4 Å². The van der Waals surface area contributed by atoms with E-state index in [2.05, 4.69) is 5.32 Å². The molecule has 168 valence electrons. The molecule has 0 radical (unpaired) electrons. The summed E-state index contributed by atoms with van der Waals surface area (Å²) in [7, 11) is 1.68. The SMILES string of the molecule is C[C@H]1C(=O)N(CC2CCCO2)C[C@H]2N1C(=O)CN(C)N2C(=O)NCc1ccc(F)cc1. The van der Waals surface area contributed by atoms with Gasteiger partial charge >= 0.3 is 6.03 Å². The highest BCUT2D eigenvalue weighted by Gasteiger charge is 2.49. The number of fused-ring (bicyclic) bond motifs is 1. The minimum atomic E-state index is -0.659. The van der Waals surface area contributed by atoms with E-state index < -0.39 is 12.2 Å². The molecule has 1 unspecified atom stereocenters. The lowest BCUT2D eigenvalue weighted by Crippen LogP contribution is -2.75. The van der Waals surface area contributed by atoms with Crippen molar-refractivity contribution in [1.29, 1.82) is 0 Å². The Morgan fingerprint density at radius 3 is 2.68 bits per heavy atom. The fourth-order valence-electron chi connectivity index (χ4n) is 4.52. The first-order valence-corrected chi connectivity index (χ1v) is 10.6. The number of halogens is 1. The van der Waals surface area contributed by atoms with E-state index in [0.29, 0.717) is 13.2 Å². The van der Waals surface area contributed by atoms with Crippen LogP contribution in [0.25, 0.3) is 0 Å². The lowest BCUT2D eigenvalue weighted by Gasteiger charge is -2.54. The van der Waals surface area contributed by atoms with Gasteiger partial charge < -0.3 is 19.9 Å². The predicted octanol–water partition coefficient (Wildman–Crippen LogP) is 0.762. The number of ether oxygens (including phenoxy) is 1. The normalized spacial score (nSPS) is 26.9. The van der Waals surface area contributed by atoms with Crippen molar-refractivity contribution in [3.8, 4) is 0 Å². The molecule has 0 bridgehead atoms. The van der Waals surface area contributed by atoms with Crippen LogP contribution in [-0.2, 0) is 20.9 Å². The van der Waals surface area contributed by atoms with Gasteiger partial charge in [0, 0.05) is 26.7 Å². The van der Waals surface area contributed by atoms with Crippen LogP contribution in [-0.4, -0.2) is 89.3 Å². The summed E-state index contributed by atoms with van der Waals surface area (Å²) in [6.45, 7) is 3.30. The standard InChI is InChI=1S/C21H28FN5O4/c1-14-20(29)25(11-17-4-3-9-31-17)12-18-26(14)19(28)13-24(2)27(18)21(30)23-10-15-5-7-16(22)8-6-15/h5-8,14,17-18H,3-4,9-13H2,1-2H3,(H,23,30)/t14-,17?,18-/m0/s1. The Kier molecular flexibility index (Phi) is 6.10. The molecule has 3 fully saturated rings. The first kappa shape index (κ1) is 21.5. The van der Waals surface area contributed by atoms with Gasteiger partial charge in [0.1, 0.15) is 18.0 Å². The zero-order valence-corrected chi connectivity index (χ0v) is 17.8. The molecule has 3 saturated heterocycles. The molecule has 0 aromatic heterocycles. The first-order chi connectivity index (χ1) is 14.8. The van der Waals surface area contributed by atoms with Crippen LogP contribution in [0.5, 0.6) is 0 Å². The third-order valence-electron chi connectivity index (χ3n) is 6.11. The number of amides is 4. The lowest BCUT2D eigenvalue weighted by molar-refractivity contribution is -0.186. The van der Waals surface area contributed by atoms with E-state index in [0.717, 1.165) is 18.4 Å². The van der Waals surface area contributed by atoms with Gasteiger partial charge in [-0.3, -0.25) is 9.59 Å². The molecule has 4 rings (SSSR count). The smallest absolute Gasteiger partial charge is 0.334 e. The second-order valence-corrected chi connectivity index (χ2v) is 8.28. The van der Waals surface area contributed by atoms with Gasteiger partial charge in [-0.25, -0.2) is 19.2 Å². The number of carbonyl (C=O) groups is 3. The van der Waals surface area contributed by atoms with Crippen molar-refractivity contribution in [3.63, 3.8) is 0 Å². The zero-order chi connectivity index (χ0) is 22.1. The zero-order valence-electron chi connectivity index (χ0n) is 17.8. The molecule has 3 atom stereocenters. The number of urea groups is 1. The van der Waals surface area contributed by atoms with Crippen molar-refractivity contribution in [3.05, 3.63) is 35.6 Å². The summed E-state index contributed by atoms with van der Waals surface area (Å²) in [5, 5.41) is 5.91. The van der Waals surface area contributed by atoms with Crippen molar-refractivity contribution < 1.29 is 23.5 Å². The summed E-state index contributed by atoms with van der Waals surface area (Å²) >= 11 is 0. The molecule has 1 aromatic rings. The molecule has 10 heteroatoms. The molecule has 1 N–H and O–H groups in total. The molecule has 0 spiro atoms. The van der Waals surface area contributed by atoms with Gasteiger partial charge in [0.25, 0.3) is 0 Å². The number of hydrazine groups is 1. The van der Waals surface area contributed by atoms with Crippen molar-refractivity contribution in [2.24, 2.45) is 0 Å². The number of piperazine rings is 1. The second-order valence-electron chi connectivity index (χ2n) is 8.28. The van der Waals surface area contributed by atoms with Crippen LogP contribution in [0.4, 0.5) is 9.18 Å². The van der Waals surface area contributed by atoms with Crippen LogP contribution in [0, 0.1) is 5.82 Å². The van der Waals surface area contributed by atoms with Crippen molar-refractivity contribution in [1.82, 2.24) is 25.1 Å². The molecule has 0 saturated carbocycles. The van der Waals surface area contributed by atoms with Gasteiger partial charge in [-0.05, 0) is 37.5 Å². The average molecular weight is 433 g/mol. The van der Waals surface area contributed by atoms with Crippen LogP contribution in [0.15, 0.2) is 24.3 Å². The molecule has 9 nitrogen and oxygen atoms in total. The number of nitrogens with one attached hydrogen (secondary N) is 1. The number of nitrogens with zero attached hydrogens (tertiary/aromatic N) is 4. The Hall–Kier alpha value is -2.72. The quantitative estimate of drug-likeness (QED) is 0.758. The maximum atomic E-state index is 13.1. The Morgan fingerprint density at radius 1 is 1.26 bits per heavy atom. The van der Waals surface area contributed by atoms with Crippen LogP contribution < -0.4 is 5.32 Å². The van der Waals surface area contributed by atoms with E-state index in [4.69, 9.17) is 4.74 Å². The number of hydrogen-bond acceptors (Lipinski definition) is 5. The Morgan fingerprint density at radius 2 is 2.00 bits per heavy atom. The fraction of sp³-hybridized carbons (Fsp3) is 0.571. The fourth-order valence-corrected chi connectivity index (χ4v) is 4.52. The second kappa shape index (κ2) is 8.80. The van der Waals surface area contributed by atoms with Gasteiger partial charge in [0.2, 0.25) is 11.8 Å². The first-order valence-electron chi connectivity index (χ1n) is 10.6. The van der Waals surface area contributed by atoms with Crippen LogP contribution in [0.2, 0.25) is 0 Å². The van der Waals surface area contributed by atoms with Gasteiger partial charge in [-0.2, -0.15) is 0 Å². The number of likely N-dealkylation sites (N-methyl/N-ethyl adjacent to an activating group) is 1. The maximum Gasteiger partial charge on any atom is 0.334 e. The summed E-state index contributed by atoms with van der Waals surface area (Å²) in [4.78, 5) is 41.9. The average Bonchev–Trinajstić information content (AvgIpc) is 3.24. The van der Waals surface area contributed by atoms with Crippen molar-refractivity contribution in [2.75, 3.05) is 33.3 Å². The van der Waals surface area contributed by atoms with Gasteiger partial charge in [-0.1, -0.05) is 12.1 Å². The largest absolute Gasteiger partial charge is 0.376 e. The van der Waals surface area contributed by atoms with Crippen LogP contribution in [0.1, 0.15) is 25.3 Å². The summed E-state index contributed by atoms with van der Waals surface area (Å²) in [6, 6.07) is 4.85. The van der Waals surface area contributed by atoms with Gasteiger partial charge in [-0.15, -0.1) is 0 Å². The van der Waals surface area contributed by atoms with E-state index in [1.165, 1.54) is 22.0 Å². The Balaban J connectivity index is 1.50. The summed E-state index contributed by atoms with van der Waals surface area (Å²) in [5.74, 6) is -0.656. The maximum absolute atomic E-state index is 13.1. The van der Waals surface area contributed by atoms with Crippen LogP contribution in [0.3, 0.4) is 0 Å². The summed E-state index contributed by atoms with van der Waals surface area (Å²) < 4.78 is 18.8. The van der Waals surface area contributed by atoms with Crippen molar-refractivity contribution >= 4 is 17.8 Å². The summed E-state index contributed by atoms with van der Waals surface area (Å²) in [6.07, 6.45) is 1.25. The molecule has 3 heterocycles. The highest BCUT2D eigenvalue weighted by molar-refractivity contribution is 5.91. The molecule has 3 aliphatic heterocycles. The van der Waals surface area contributed by atoms with E-state index >= 15 is 0 Å². The van der Waals surface area contributed by atoms with Gasteiger partial charge in [0.15, 0.2) is 0 Å². The van der Waals surface area contributed by atoms with Crippen LogP contribution >= 0.6 is 0 Å². The van der Waals surface area contributed by atoms with E-state index in [9.17, 15) is 18.8 Å². The summed E-state index contributed by atoms with van der Waals surface area (Å²) in [5.41, 5.74) is 0.759. The molecular formula is C21H28FN5O4. The number of benzene rings is 1. The third kappa shape index (κ3) is 4.35. The van der Waals surface area contributed by atoms with E-state index in [1.54, 1.807) is 36.0 Å². The van der Waals surface area contributed by atoms with E-state index in [-0.39, 0.29) is 49.4 Å². The molecule has 0 aliphatic carbocycles. The minimum Gasteiger partial charge on any atom is -0.376 e. The highest BCUT2D eigenvalue weighted by Crippen LogP contribution is 2.26. The Bertz CT molecular complexity index is 845. The monoisotopic (exact) mass is 433 g/mol. The van der Waals surface area contributed by atoms with Crippen molar-refractivity contribution in [2.45, 2.75) is 44.6 Å². The highest BCUT2D eigenvalue weighted by atomic mass is 19.1. The lowest BCUT2D eigenvalue weighted by atomic mass is 10.1. The van der Waals surface area contributed by atoms with E-state index in [1.807, 2.05) is 0 Å². The minimum absolute atomic E-state index is 0.00379. The number of hydrogen-bond donors (Lipinski definition) is 1. The number of carbonyl (C=O) groups excluding carboxylic acids is 3. The molecule has 3 aliphatic rings. The molecular weight excluding hydrogens is 405 g/mol. The predicted molar refractivity (Wildman–Crippen MR) is 109 cm³/mol. The number of rotatable bonds is 4. The molecule has 31 heavy (non-hydrogen) atoms. The Labute approximate surface area is 180 Å².